The van der Waals surface area contributed by atoms with E-state index in [9.17, 15) is 10.1 Å². The van der Waals surface area contributed by atoms with Crippen LogP contribution >= 0.6 is 22.9 Å². The molecule has 0 unspecified atom stereocenters. The van der Waals surface area contributed by atoms with Crippen LogP contribution in [0, 0.1) is 17.0 Å². The van der Waals surface area contributed by atoms with Gasteiger partial charge in [-0.15, -0.1) is 11.3 Å². The summed E-state index contributed by atoms with van der Waals surface area (Å²) in [7, 11) is 0. The summed E-state index contributed by atoms with van der Waals surface area (Å²) in [6.07, 6.45) is 0. The molecule has 0 radical (unpaired) electrons. The van der Waals surface area contributed by atoms with Crippen molar-refractivity contribution in [2.45, 2.75) is 13.5 Å². The molecule has 94 valence electrons. The van der Waals surface area contributed by atoms with Crippen molar-refractivity contribution in [2.24, 2.45) is 0 Å². The molecule has 18 heavy (non-hydrogen) atoms. The van der Waals surface area contributed by atoms with Gasteiger partial charge in [0.05, 0.1) is 11.5 Å². The predicted molar refractivity (Wildman–Crippen MR) is 72.3 cm³/mol. The molecular formula is C11H10ClN3O2S. The van der Waals surface area contributed by atoms with Crippen molar-refractivity contribution >= 4 is 34.4 Å². The van der Waals surface area contributed by atoms with Gasteiger partial charge in [0.25, 0.3) is 0 Å². The molecular weight excluding hydrogens is 274 g/mol. The Labute approximate surface area is 113 Å². The lowest BCUT2D eigenvalue weighted by Gasteiger charge is -2.06. The summed E-state index contributed by atoms with van der Waals surface area (Å²) >= 11 is 7.34. The molecule has 0 atom stereocenters. The van der Waals surface area contributed by atoms with Gasteiger partial charge in [-0.3, -0.25) is 10.1 Å². The van der Waals surface area contributed by atoms with Crippen molar-refractivity contribution in [1.82, 2.24) is 4.98 Å². The third-order valence-corrected chi connectivity index (χ3v) is 3.65. The fourth-order valence-corrected chi connectivity index (χ4v) is 2.45. The number of nitro groups is 1. The van der Waals surface area contributed by atoms with Crippen LogP contribution in [0.1, 0.15) is 10.4 Å². The Morgan fingerprint density at radius 3 is 2.89 bits per heavy atom. The van der Waals surface area contributed by atoms with Gasteiger partial charge in [-0.1, -0.05) is 11.6 Å². The topological polar surface area (TPSA) is 68.1 Å². The van der Waals surface area contributed by atoms with E-state index >= 15 is 0 Å². The molecule has 0 amide bonds. The van der Waals surface area contributed by atoms with Crippen LogP contribution < -0.4 is 5.32 Å². The molecule has 2 aromatic rings. The third kappa shape index (κ3) is 2.77. The highest BCUT2D eigenvalue weighted by molar-refractivity contribution is 7.10. The van der Waals surface area contributed by atoms with Crippen LogP contribution in [0.4, 0.5) is 11.5 Å². The van der Waals surface area contributed by atoms with Crippen molar-refractivity contribution < 1.29 is 4.92 Å². The standard InChI is InChI=1S/C11H10ClN3O2S/c1-7-4-5-18-9(7)6-13-11-8(15(16)17)2-3-10(12)14-11/h2-5H,6H2,1H3,(H,13,14). The number of nitrogens with zero attached hydrogens (tertiary/aromatic N) is 2. The van der Waals surface area contributed by atoms with Gasteiger partial charge in [0, 0.05) is 10.9 Å². The molecule has 2 aromatic heterocycles. The van der Waals surface area contributed by atoms with Crippen LogP contribution in [-0.4, -0.2) is 9.91 Å². The van der Waals surface area contributed by atoms with Crippen LogP contribution in [0.15, 0.2) is 23.6 Å². The zero-order valence-corrected chi connectivity index (χ0v) is 11.1. The second kappa shape index (κ2) is 5.32. The first-order valence-electron chi connectivity index (χ1n) is 5.15. The van der Waals surface area contributed by atoms with E-state index < -0.39 is 4.92 Å². The molecule has 0 bridgehead atoms. The molecule has 7 heteroatoms. The van der Waals surface area contributed by atoms with Gasteiger partial charge in [0.2, 0.25) is 5.82 Å². The van der Waals surface area contributed by atoms with Crippen molar-refractivity contribution in [2.75, 3.05) is 5.32 Å². The number of pyridine rings is 1. The minimum absolute atomic E-state index is 0.0754. The number of hydrogen-bond acceptors (Lipinski definition) is 5. The van der Waals surface area contributed by atoms with E-state index in [-0.39, 0.29) is 16.7 Å². The Bertz CT molecular complexity index is 585. The van der Waals surface area contributed by atoms with Gasteiger partial charge in [0.1, 0.15) is 5.15 Å². The molecule has 5 nitrogen and oxygen atoms in total. The lowest BCUT2D eigenvalue weighted by Crippen LogP contribution is -2.04. The molecule has 0 spiro atoms. The highest BCUT2D eigenvalue weighted by atomic mass is 35.5. The summed E-state index contributed by atoms with van der Waals surface area (Å²) in [6.45, 7) is 2.49. The van der Waals surface area contributed by atoms with Crippen molar-refractivity contribution in [3.05, 3.63) is 49.3 Å². The normalized spacial score (nSPS) is 10.3. The second-order valence-electron chi connectivity index (χ2n) is 3.64. The largest absolute Gasteiger partial charge is 0.359 e. The minimum Gasteiger partial charge on any atom is -0.359 e. The maximum Gasteiger partial charge on any atom is 0.311 e. The number of anilines is 1. The quantitative estimate of drug-likeness (QED) is 0.528. The molecule has 0 aliphatic carbocycles. The molecule has 0 aliphatic heterocycles. The SMILES string of the molecule is Cc1ccsc1CNc1nc(Cl)ccc1[N+](=O)[O-]. The van der Waals surface area contributed by atoms with Gasteiger partial charge in [-0.25, -0.2) is 4.98 Å². The van der Waals surface area contributed by atoms with Gasteiger partial charge >= 0.3 is 5.69 Å². The Balaban J connectivity index is 2.20. The maximum absolute atomic E-state index is 10.8. The van der Waals surface area contributed by atoms with Gasteiger partial charge in [-0.05, 0) is 30.0 Å². The van der Waals surface area contributed by atoms with Crippen LogP contribution in [0.25, 0.3) is 0 Å². The number of halogens is 1. The monoisotopic (exact) mass is 283 g/mol. The fraction of sp³-hybridized carbons (Fsp3) is 0.182. The highest BCUT2D eigenvalue weighted by Gasteiger charge is 2.15. The molecule has 0 aliphatic rings. The molecule has 2 rings (SSSR count). The number of hydrogen-bond donors (Lipinski definition) is 1. The van der Waals surface area contributed by atoms with Crippen molar-refractivity contribution in [3.63, 3.8) is 0 Å². The fourth-order valence-electron chi connectivity index (χ4n) is 1.45. The third-order valence-electron chi connectivity index (χ3n) is 2.42. The van der Waals surface area contributed by atoms with E-state index in [1.54, 1.807) is 11.3 Å². The summed E-state index contributed by atoms with van der Waals surface area (Å²) in [4.78, 5) is 15.4. The van der Waals surface area contributed by atoms with E-state index in [4.69, 9.17) is 11.6 Å². The number of rotatable bonds is 4. The highest BCUT2D eigenvalue weighted by Crippen LogP contribution is 2.25. The Morgan fingerprint density at radius 2 is 2.28 bits per heavy atom. The average molecular weight is 284 g/mol. The lowest BCUT2D eigenvalue weighted by molar-refractivity contribution is -0.384. The van der Waals surface area contributed by atoms with E-state index in [1.807, 2.05) is 18.4 Å². The molecule has 1 N–H and O–H groups in total. The molecule has 2 heterocycles. The minimum atomic E-state index is -0.479. The van der Waals surface area contributed by atoms with E-state index in [0.29, 0.717) is 6.54 Å². The van der Waals surface area contributed by atoms with E-state index in [0.717, 1.165) is 10.4 Å². The van der Waals surface area contributed by atoms with Crippen LogP contribution in [0.3, 0.4) is 0 Å². The van der Waals surface area contributed by atoms with Gasteiger partial charge < -0.3 is 5.32 Å². The van der Waals surface area contributed by atoms with Crippen molar-refractivity contribution in [3.8, 4) is 0 Å². The molecule has 0 fully saturated rings. The molecule has 0 aromatic carbocycles. The Hall–Kier alpha value is -1.66. The van der Waals surface area contributed by atoms with Crippen LogP contribution in [0.5, 0.6) is 0 Å². The van der Waals surface area contributed by atoms with E-state index in [1.165, 1.54) is 12.1 Å². The first kappa shape index (κ1) is 12.8. The van der Waals surface area contributed by atoms with E-state index in [2.05, 4.69) is 10.3 Å². The zero-order chi connectivity index (χ0) is 13.1. The van der Waals surface area contributed by atoms with Gasteiger partial charge in [-0.2, -0.15) is 0 Å². The maximum atomic E-state index is 10.8. The zero-order valence-electron chi connectivity index (χ0n) is 9.51. The Morgan fingerprint density at radius 1 is 1.50 bits per heavy atom. The van der Waals surface area contributed by atoms with Crippen LogP contribution in [-0.2, 0) is 6.54 Å². The molecule has 0 saturated heterocycles. The summed E-state index contributed by atoms with van der Waals surface area (Å²) in [5, 5.41) is 16.0. The summed E-state index contributed by atoms with van der Waals surface area (Å²) in [6, 6.07) is 4.75. The van der Waals surface area contributed by atoms with Crippen LogP contribution in [0.2, 0.25) is 5.15 Å². The first-order chi connectivity index (χ1) is 8.58. The number of nitrogens with one attached hydrogen (secondary N) is 1. The predicted octanol–water partition coefficient (Wildman–Crippen LogP) is 3.63. The summed E-state index contributed by atoms with van der Waals surface area (Å²) < 4.78 is 0. The first-order valence-corrected chi connectivity index (χ1v) is 6.41. The van der Waals surface area contributed by atoms with Crippen molar-refractivity contribution in [1.29, 1.82) is 0 Å². The second-order valence-corrected chi connectivity index (χ2v) is 5.03. The lowest BCUT2D eigenvalue weighted by atomic mass is 10.3. The molecule has 0 saturated carbocycles. The summed E-state index contributed by atoms with van der Waals surface area (Å²) in [5.74, 6) is 0.195. The number of aromatic nitrogens is 1. The number of thiophene rings is 1. The Kier molecular flexibility index (Phi) is 3.78. The van der Waals surface area contributed by atoms with Gasteiger partial charge in [0.15, 0.2) is 0 Å². The number of aryl methyl sites for hydroxylation is 1. The summed E-state index contributed by atoms with van der Waals surface area (Å²) in [5.41, 5.74) is 1.07. The smallest absolute Gasteiger partial charge is 0.311 e. The average Bonchev–Trinajstić information content (AvgIpc) is 2.72.